The summed E-state index contributed by atoms with van der Waals surface area (Å²) in [5, 5.41) is 44.2. The Kier molecular flexibility index (Phi) is 8.73. The number of rotatable bonds is 8. The van der Waals surface area contributed by atoms with Crippen LogP contribution in [0, 0.1) is 5.92 Å². The molecule has 0 saturated heterocycles. The van der Waals surface area contributed by atoms with E-state index in [-0.39, 0.29) is 17.8 Å². The highest BCUT2D eigenvalue weighted by Crippen LogP contribution is 2.58. The van der Waals surface area contributed by atoms with E-state index in [0.717, 1.165) is 36.4 Å². The molecule has 0 fully saturated rings. The summed E-state index contributed by atoms with van der Waals surface area (Å²) < 4.78 is 11.9. The molecule has 0 saturated carbocycles. The summed E-state index contributed by atoms with van der Waals surface area (Å²) in [6, 6.07) is 4.04. The van der Waals surface area contributed by atoms with Crippen molar-refractivity contribution in [3.05, 3.63) is 34.9 Å². The Morgan fingerprint density at radius 1 is 1.15 bits per heavy atom. The molecule has 214 valence electrons. The number of benzene rings is 1. The normalized spacial score (nSPS) is 23.7. The van der Waals surface area contributed by atoms with Crippen molar-refractivity contribution in [2.45, 2.75) is 69.3 Å². The number of nitrogens with zero attached hydrogens (tertiary/aromatic N) is 1. The van der Waals surface area contributed by atoms with E-state index in [0.29, 0.717) is 12.2 Å². The topological polar surface area (TPSA) is 191 Å². The molecule has 12 heteroatoms. The minimum atomic E-state index is -2.74. The summed E-state index contributed by atoms with van der Waals surface area (Å²) in [6.07, 6.45) is -0.103. The number of carboxylic acid groups (broad SMARTS) is 3. The van der Waals surface area contributed by atoms with Gasteiger partial charge in [-0.15, -0.1) is 0 Å². The molecule has 1 aliphatic carbocycles. The molecule has 3 atom stereocenters. The van der Waals surface area contributed by atoms with Crippen LogP contribution in [0.2, 0.25) is 0 Å². The average molecular weight is 550 g/mol. The SMILES string of the molecule is COc1ccc2c3c1O[C@H]1C[C@@H](O)C=C(C(=O)C(C)C)[C@@]31CCN(C)C2.O=C(O)CC(O)(CC(=O)O)C(=O)O. The number of methoxy groups -OCH3 is 1. The van der Waals surface area contributed by atoms with Gasteiger partial charge < -0.3 is 39.9 Å². The van der Waals surface area contributed by atoms with Gasteiger partial charge in [-0.25, -0.2) is 4.79 Å². The van der Waals surface area contributed by atoms with Gasteiger partial charge in [0.15, 0.2) is 22.9 Å². The number of aliphatic carboxylic acids is 3. The van der Waals surface area contributed by atoms with Crippen LogP contribution < -0.4 is 9.47 Å². The molecule has 5 N–H and O–H groups in total. The molecule has 1 aromatic carbocycles. The van der Waals surface area contributed by atoms with Crippen molar-refractivity contribution in [3.8, 4) is 11.5 Å². The first-order valence-electron chi connectivity index (χ1n) is 12.6. The first-order valence-corrected chi connectivity index (χ1v) is 12.6. The summed E-state index contributed by atoms with van der Waals surface area (Å²) in [4.78, 5) is 45.9. The van der Waals surface area contributed by atoms with Crippen LogP contribution in [-0.2, 0) is 31.1 Å². The zero-order chi connectivity index (χ0) is 29.3. The van der Waals surface area contributed by atoms with E-state index in [1.54, 1.807) is 13.2 Å². The van der Waals surface area contributed by atoms with Gasteiger partial charge in [-0.05, 0) is 37.7 Å². The van der Waals surface area contributed by atoms with Crippen molar-refractivity contribution in [2.75, 3.05) is 20.7 Å². The molecule has 3 aliphatic rings. The highest BCUT2D eigenvalue weighted by Gasteiger charge is 2.58. The Morgan fingerprint density at radius 2 is 1.77 bits per heavy atom. The number of aliphatic hydroxyl groups excluding tert-OH is 1. The molecule has 0 unspecified atom stereocenters. The first-order chi connectivity index (χ1) is 18.2. The van der Waals surface area contributed by atoms with Crippen molar-refractivity contribution in [1.82, 2.24) is 4.90 Å². The maximum atomic E-state index is 13.2. The molecule has 1 spiro atoms. The lowest BCUT2D eigenvalue weighted by molar-refractivity contribution is -0.170. The number of hydrogen-bond acceptors (Lipinski definition) is 9. The molecule has 0 radical (unpaired) electrons. The molecule has 0 amide bonds. The summed E-state index contributed by atoms with van der Waals surface area (Å²) in [5.41, 5.74) is -0.234. The maximum absolute atomic E-state index is 13.2. The molecule has 2 aliphatic heterocycles. The van der Waals surface area contributed by atoms with E-state index in [4.69, 9.17) is 29.9 Å². The Balaban J connectivity index is 0.000000276. The quantitative estimate of drug-likeness (QED) is 0.312. The molecule has 2 heterocycles. The van der Waals surface area contributed by atoms with E-state index >= 15 is 0 Å². The van der Waals surface area contributed by atoms with Crippen LogP contribution in [0.3, 0.4) is 0 Å². The van der Waals surface area contributed by atoms with Crippen LogP contribution in [0.25, 0.3) is 0 Å². The van der Waals surface area contributed by atoms with Gasteiger partial charge in [-0.1, -0.05) is 19.9 Å². The lowest BCUT2D eigenvalue weighted by Gasteiger charge is -2.41. The number of hydrogen-bond donors (Lipinski definition) is 5. The summed E-state index contributed by atoms with van der Waals surface area (Å²) in [6.45, 7) is 5.52. The number of carbonyl (C=O) groups excluding carboxylic acids is 1. The largest absolute Gasteiger partial charge is 0.493 e. The summed E-state index contributed by atoms with van der Waals surface area (Å²) >= 11 is 0. The van der Waals surface area contributed by atoms with E-state index in [9.17, 15) is 24.3 Å². The van der Waals surface area contributed by atoms with Crippen molar-refractivity contribution in [2.24, 2.45) is 5.92 Å². The molecule has 12 nitrogen and oxygen atoms in total. The predicted molar refractivity (Wildman–Crippen MR) is 136 cm³/mol. The number of carbonyl (C=O) groups is 4. The van der Waals surface area contributed by atoms with Crippen molar-refractivity contribution in [3.63, 3.8) is 0 Å². The molecule has 0 bridgehead atoms. The number of Topliss-reactive ketones (excluding diaryl/α,β-unsaturated/α-hetero) is 1. The van der Waals surface area contributed by atoms with Crippen LogP contribution >= 0.6 is 0 Å². The molecule has 0 aromatic heterocycles. The molecule has 1 aromatic rings. The van der Waals surface area contributed by atoms with Crippen LogP contribution in [-0.4, -0.2) is 92.6 Å². The summed E-state index contributed by atoms with van der Waals surface area (Å²) in [5.74, 6) is -3.59. The molecule has 4 rings (SSSR count). The predicted octanol–water partition coefficient (Wildman–Crippen LogP) is 1.20. The second-order valence-corrected chi connectivity index (χ2v) is 10.6. The number of carboxylic acids is 3. The van der Waals surface area contributed by atoms with Crippen molar-refractivity contribution < 1.29 is 54.2 Å². The number of ether oxygens (including phenoxy) is 2. The van der Waals surface area contributed by atoms with Gasteiger partial charge in [0.25, 0.3) is 0 Å². The minimum Gasteiger partial charge on any atom is -0.493 e. The Bertz CT molecular complexity index is 1170. The zero-order valence-corrected chi connectivity index (χ0v) is 22.3. The number of ketones is 1. The fraction of sp³-hybridized carbons (Fsp3) is 0.556. The second kappa shape index (κ2) is 11.3. The van der Waals surface area contributed by atoms with Gasteiger partial charge in [0.1, 0.15) is 6.10 Å². The number of aliphatic hydroxyl groups is 2. The lowest BCUT2D eigenvalue weighted by Crippen LogP contribution is -2.48. The van der Waals surface area contributed by atoms with E-state index < -0.39 is 47.9 Å². The van der Waals surface area contributed by atoms with E-state index in [1.165, 1.54) is 5.56 Å². The molecular weight excluding hydrogens is 514 g/mol. The van der Waals surface area contributed by atoms with Gasteiger partial charge in [0.2, 0.25) is 0 Å². The standard InChI is InChI=1S/C21H27NO4.C6H8O7/c1-12(2)19(24)15-9-14(23)10-17-21(15)7-8-22(3)11-13-5-6-16(25-4)20(26-17)18(13)21;7-3(8)1-6(13,5(11)12)2-4(9)10/h5-6,9,12,14,17,23H,7-8,10-11H2,1-4H3;13H,1-2H2,(H,7,8)(H,9,10)(H,11,12)/t14-,17-,21+;/m0./s1. The minimum absolute atomic E-state index is 0.100. The zero-order valence-electron chi connectivity index (χ0n) is 22.3. The monoisotopic (exact) mass is 549 g/mol. The van der Waals surface area contributed by atoms with E-state index in [1.807, 2.05) is 19.9 Å². The van der Waals surface area contributed by atoms with Crippen LogP contribution in [0.4, 0.5) is 0 Å². The van der Waals surface area contributed by atoms with Crippen LogP contribution in [0.5, 0.6) is 11.5 Å². The third-order valence-electron chi connectivity index (χ3n) is 7.38. The Morgan fingerprint density at radius 3 is 2.28 bits per heavy atom. The average Bonchev–Trinajstić information content (AvgIpc) is 3.08. The Hall–Kier alpha value is -3.48. The second-order valence-electron chi connectivity index (χ2n) is 10.6. The Labute approximate surface area is 225 Å². The van der Waals surface area contributed by atoms with Gasteiger partial charge in [0, 0.05) is 30.0 Å². The molecule has 39 heavy (non-hydrogen) atoms. The fourth-order valence-corrected chi connectivity index (χ4v) is 5.58. The van der Waals surface area contributed by atoms with Crippen molar-refractivity contribution in [1.29, 1.82) is 0 Å². The van der Waals surface area contributed by atoms with Crippen LogP contribution in [0.1, 0.15) is 50.7 Å². The van der Waals surface area contributed by atoms with Gasteiger partial charge in [-0.2, -0.15) is 0 Å². The highest BCUT2D eigenvalue weighted by atomic mass is 16.5. The fourth-order valence-electron chi connectivity index (χ4n) is 5.58. The van der Waals surface area contributed by atoms with Gasteiger partial charge >= 0.3 is 17.9 Å². The molecular formula is C27H35NO11. The highest BCUT2D eigenvalue weighted by molar-refractivity contribution is 6.00. The van der Waals surface area contributed by atoms with Crippen LogP contribution in [0.15, 0.2) is 23.8 Å². The van der Waals surface area contributed by atoms with E-state index in [2.05, 4.69) is 18.0 Å². The maximum Gasteiger partial charge on any atom is 0.336 e. The van der Waals surface area contributed by atoms with Gasteiger partial charge in [-0.3, -0.25) is 14.4 Å². The van der Waals surface area contributed by atoms with Gasteiger partial charge in [0.05, 0.1) is 31.5 Å². The lowest BCUT2D eigenvalue weighted by atomic mass is 9.62. The summed E-state index contributed by atoms with van der Waals surface area (Å²) in [7, 11) is 3.75. The van der Waals surface area contributed by atoms with Crippen molar-refractivity contribution >= 4 is 23.7 Å². The first kappa shape index (κ1) is 30.1. The third kappa shape index (κ3) is 5.77. The smallest absolute Gasteiger partial charge is 0.336 e. The third-order valence-corrected chi connectivity index (χ3v) is 7.38.